The Kier molecular flexibility index (Phi) is 10.4. The van der Waals surface area contributed by atoms with E-state index in [9.17, 15) is 26.3 Å². The van der Waals surface area contributed by atoms with E-state index in [1.807, 2.05) is 6.92 Å². The van der Waals surface area contributed by atoms with Crippen LogP contribution in [0.15, 0.2) is 78.9 Å². The molecule has 5 rings (SSSR count). The second kappa shape index (κ2) is 14.3. The van der Waals surface area contributed by atoms with Crippen molar-refractivity contribution in [1.29, 1.82) is 0 Å². The van der Waals surface area contributed by atoms with Gasteiger partial charge in [0.15, 0.2) is 11.6 Å². The zero-order valence-corrected chi connectivity index (χ0v) is 25.4. The Hall–Kier alpha value is -4.12. The fourth-order valence-electron chi connectivity index (χ4n) is 5.68. The van der Waals surface area contributed by atoms with Crippen molar-refractivity contribution in [1.82, 2.24) is 0 Å². The number of ether oxygens (including phenoxy) is 3. The molecule has 250 valence electrons. The largest absolute Gasteiger partial charge is 0.573 e. The summed E-state index contributed by atoms with van der Waals surface area (Å²) in [5.74, 6) is -3.37. The van der Waals surface area contributed by atoms with Crippen molar-refractivity contribution in [2.24, 2.45) is 0 Å². The average Bonchev–Trinajstić information content (AvgIpc) is 3.02. The molecule has 0 saturated heterocycles. The molecule has 0 aromatic heterocycles. The van der Waals surface area contributed by atoms with Gasteiger partial charge in [0.2, 0.25) is 0 Å². The van der Waals surface area contributed by atoms with Gasteiger partial charge in [-0.3, -0.25) is 0 Å². The van der Waals surface area contributed by atoms with Gasteiger partial charge < -0.3 is 14.2 Å². The van der Waals surface area contributed by atoms with Crippen molar-refractivity contribution >= 4 is 0 Å². The third-order valence-corrected chi connectivity index (χ3v) is 8.16. The third-order valence-electron chi connectivity index (χ3n) is 8.16. The quantitative estimate of drug-likeness (QED) is 0.118. The van der Waals surface area contributed by atoms with Crippen LogP contribution in [0, 0.1) is 17.5 Å². The fraction of sp³-hybridized carbons (Fsp3) is 0.333. The summed E-state index contributed by atoms with van der Waals surface area (Å²) < 4.78 is 126. The van der Waals surface area contributed by atoms with Gasteiger partial charge in [-0.25, -0.2) is 13.2 Å². The summed E-state index contributed by atoms with van der Waals surface area (Å²) in [5, 5.41) is 0. The first-order valence-corrected chi connectivity index (χ1v) is 15.3. The van der Waals surface area contributed by atoms with Crippen molar-refractivity contribution in [2.75, 3.05) is 6.61 Å². The predicted octanol–water partition coefficient (Wildman–Crippen LogP) is 11.3. The van der Waals surface area contributed by atoms with Gasteiger partial charge in [-0.05, 0) is 103 Å². The molecule has 0 heterocycles. The van der Waals surface area contributed by atoms with Gasteiger partial charge in [0.25, 0.3) is 0 Å². The summed E-state index contributed by atoms with van der Waals surface area (Å²) in [7, 11) is 0. The Labute approximate surface area is 267 Å². The second-order valence-electron chi connectivity index (χ2n) is 11.5. The zero-order valence-electron chi connectivity index (χ0n) is 25.4. The maximum atomic E-state index is 15.3. The van der Waals surface area contributed by atoms with E-state index in [0.29, 0.717) is 43.6 Å². The van der Waals surface area contributed by atoms with E-state index in [1.54, 1.807) is 6.07 Å². The molecule has 1 saturated carbocycles. The van der Waals surface area contributed by atoms with E-state index in [0.717, 1.165) is 37.1 Å². The highest BCUT2D eigenvalue weighted by molar-refractivity contribution is 5.72. The van der Waals surface area contributed by atoms with Crippen LogP contribution in [0.3, 0.4) is 0 Å². The van der Waals surface area contributed by atoms with Gasteiger partial charge in [-0.1, -0.05) is 43.7 Å². The molecule has 0 atom stereocenters. The van der Waals surface area contributed by atoms with E-state index >= 15 is 8.78 Å². The van der Waals surface area contributed by atoms with Gasteiger partial charge in [-0.15, -0.1) is 13.2 Å². The van der Waals surface area contributed by atoms with Crippen molar-refractivity contribution in [3.8, 4) is 33.8 Å². The molecule has 4 aromatic carbocycles. The van der Waals surface area contributed by atoms with Crippen LogP contribution in [-0.4, -0.2) is 19.1 Å². The van der Waals surface area contributed by atoms with E-state index in [4.69, 9.17) is 9.47 Å². The average molecular weight is 665 g/mol. The molecule has 4 aromatic rings. The van der Waals surface area contributed by atoms with Crippen molar-refractivity contribution in [3.05, 3.63) is 107 Å². The summed E-state index contributed by atoms with van der Waals surface area (Å²) in [5.41, 5.74) is 0.611. The lowest BCUT2D eigenvalue weighted by Gasteiger charge is -2.31. The molecule has 1 aliphatic carbocycles. The van der Waals surface area contributed by atoms with Crippen LogP contribution in [0.2, 0.25) is 0 Å². The minimum absolute atomic E-state index is 0.0282. The van der Waals surface area contributed by atoms with E-state index < -0.39 is 41.8 Å². The molecule has 0 radical (unpaired) electrons. The molecule has 0 unspecified atom stereocenters. The van der Waals surface area contributed by atoms with E-state index in [2.05, 4.69) is 4.74 Å². The lowest BCUT2D eigenvalue weighted by atomic mass is 9.82. The molecule has 0 N–H and O–H groups in total. The molecular formula is C36H32F8O3. The SMILES string of the molecule is CCCCOc1ccc(C(F)(F)OC2CCC(c3ccc(-c4ccc(-c5ccc(OC(F)(F)F)c(F)c5)c(F)c4)c(F)c3)CC2)cc1. The highest BCUT2D eigenvalue weighted by Gasteiger charge is 2.38. The van der Waals surface area contributed by atoms with E-state index in [1.165, 1.54) is 48.5 Å². The van der Waals surface area contributed by atoms with Crippen molar-refractivity contribution < 1.29 is 49.3 Å². The first-order valence-electron chi connectivity index (χ1n) is 15.3. The topological polar surface area (TPSA) is 27.7 Å². The van der Waals surface area contributed by atoms with Gasteiger partial charge in [0.05, 0.1) is 18.3 Å². The fourth-order valence-corrected chi connectivity index (χ4v) is 5.68. The van der Waals surface area contributed by atoms with Crippen molar-refractivity contribution in [3.63, 3.8) is 0 Å². The lowest BCUT2D eigenvalue weighted by molar-refractivity contribution is -0.277. The minimum atomic E-state index is -5.09. The van der Waals surface area contributed by atoms with Crippen LogP contribution in [-0.2, 0) is 10.8 Å². The van der Waals surface area contributed by atoms with Crippen LogP contribution < -0.4 is 9.47 Å². The molecule has 1 aliphatic rings. The Bertz CT molecular complexity index is 1660. The summed E-state index contributed by atoms with van der Waals surface area (Å²) >= 11 is 0. The number of benzene rings is 4. The first kappa shape index (κ1) is 34.2. The summed E-state index contributed by atoms with van der Waals surface area (Å²) in [6.45, 7) is 2.54. The number of rotatable bonds is 11. The van der Waals surface area contributed by atoms with Crippen molar-refractivity contribution in [2.45, 2.75) is 69.9 Å². The number of halogens is 8. The van der Waals surface area contributed by atoms with Crippen LogP contribution in [0.4, 0.5) is 35.1 Å². The van der Waals surface area contributed by atoms with E-state index in [-0.39, 0.29) is 33.7 Å². The van der Waals surface area contributed by atoms with Gasteiger partial charge in [0.1, 0.15) is 17.4 Å². The van der Waals surface area contributed by atoms with Crippen LogP contribution in [0.1, 0.15) is 62.5 Å². The van der Waals surface area contributed by atoms with Crippen LogP contribution >= 0.6 is 0 Å². The Morgan fingerprint density at radius 3 is 1.85 bits per heavy atom. The highest BCUT2D eigenvalue weighted by atomic mass is 19.4. The van der Waals surface area contributed by atoms with Crippen LogP contribution in [0.25, 0.3) is 22.3 Å². The maximum Gasteiger partial charge on any atom is 0.573 e. The second-order valence-corrected chi connectivity index (χ2v) is 11.5. The number of hydrogen-bond acceptors (Lipinski definition) is 3. The summed E-state index contributed by atoms with van der Waals surface area (Å²) in [6.07, 6.45) is -5.66. The number of unbranched alkanes of at least 4 members (excludes halogenated alkanes) is 1. The lowest BCUT2D eigenvalue weighted by Crippen LogP contribution is -2.29. The molecule has 0 bridgehead atoms. The van der Waals surface area contributed by atoms with Gasteiger partial charge in [0, 0.05) is 11.1 Å². The van der Waals surface area contributed by atoms with Gasteiger partial charge >= 0.3 is 12.5 Å². The molecule has 0 aliphatic heterocycles. The Morgan fingerprint density at radius 1 is 0.681 bits per heavy atom. The molecule has 11 heteroatoms. The zero-order chi connectivity index (χ0) is 33.8. The normalized spacial score (nSPS) is 17.0. The summed E-state index contributed by atoms with van der Waals surface area (Å²) in [6, 6.07) is 16.5. The maximum absolute atomic E-state index is 15.3. The summed E-state index contributed by atoms with van der Waals surface area (Å²) in [4.78, 5) is 0. The molecule has 0 spiro atoms. The Balaban J connectivity index is 1.20. The molecule has 0 amide bonds. The Morgan fingerprint density at radius 2 is 1.28 bits per heavy atom. The number of alkyl halides is 5. The molecule has 47 heavy (non-hydrogen) atoms. The van der Waals surface area contributed by atoms with Gasteiger partial charge in [-0.2, -0.15) is 8.78 Å². The molecule has 1 fully saturated rings. The highest BCUT2D eigenvalue weighted by Crippen LogP contribution is 2.40. The van der Waals surface area contributed by atoms with Crippen LogP contribution in [0.5, 0.6) is 11.5 Å². The first-order chi connectivity index (χ1) is 22.3. The minimum Gasteiger partial charge on any atom is -0.494 e. The standard InChI is InChI=1S/C36H32F8O3/c1-2-3-18-45-27-13-9-26(10-14-27)35(40,41)46-28-11-4-22(5-12-28)23-6-15-29(31(37)19-23)24-7-16-30(32(38)20-24)25-8-17-34(33(39)21-25)47-36(42,43)44/h6-10,13-17,19-22,28H,2-5,11-12,18H2,1H3. The molecule has 3 nitrogen and oxygen atoms in total. The third kappa shape index (κ3) is 8.62. The monoisotopic (exact) mass is 664 g/mol. The predicted molar refractivity (Wildman–Crippen MR) is 161 cm³/mol. The molecular weight excluding hydrogens is 632 g/mol. The number of hydrogen-bond donors (Lipinski definition) is 0. The smallest absolute Gasteiger partial charge is 0.494 e.